The minimum atomic E-state index is -4.46. The van der Waals surface area contributed by atoms with Gasteiger partial charge in [0.25, 0.3) is 15.9 Å². The van der Waals surface area contributed by atoms with Gasteiger partial charge in [0, 0.05) is 16.9 Å². The van der Waals surface area contributed by atoms with Gasteiger partial charge in [-0.05, 0) is 49.2 Å². The van der Waals surface area contributed by atoms with Crippen molar-refractivity contribution in [2.45, 2.75) is 28.6 Å². The van der Waals surface area contributed by atoms with E-state index in [0.717, 1.165) is 30.7 Å². The van der Waals surface area contributed by atoms with E-state index in [-0.39, 0.29) is 5.56 Å². The molecule has 0 aliphatic heterocycles. The Balaban J connectivity index is 1.65. The van der Waals surface area contributed by atoms with Gasteiger partial charge in [-0.2, -0.15) is 0 Å². The molecule has 146 valence electrons. The molecular formula is C18H16N2O6S2. The number of carbonyl (C=O) groups excluding carboxylic acids is 1. The normalized spacial score (nSPS) is 14.9. The van der Waals surface area contributed by atoms with Crippen LogP contribution in [0.4, 0.5) is 0 Å². The molecule has 1 heterocycles. The van der Waals surface area contributed by atoms with Gasteiger partial charge in [0.1, 0.15) is 21.1 Å². The van der Waals surface area contributed by atoms with Crippen molar-refractivity contribution >= 4 is 36.9 Å². The molecule has 0 atom stereocenters. The number of hydrogen-bond acceptors (Lipinski definition) is 6. The molecule has 0 radical (unpaired) electrons. The van der Waals surface area contributed by atoms with Gasteiger partial charge in [0.15, 0.2) is 0 Å². The smallest absolute Gasteiger partial charge is 0.265 e. The Morgan fingerprint density at radius 1 is 1.00 bits per heavy atom. The first-order chi connectivity index (χ1) is 13.1. The summed E-state index contributed by atoms with van der Waals surface area (Å²) in [6.07, 6.45) is 2.13. The Morgan fingerprint density at radius 2 is 1.68 bits per heavy atom. The number of fused-ring (bicyclic) bond motifs is 1. The zero-order valence-electron chi connectivity index (χ0n) is 14.5. The van der Waals surface area contributed by atoms with E-state index < -0.39 is 35.7 Å². The number of hydrogen-bond donors (Lipinski definition) is 2. The summed E-state index contributed by atoms with van der Waals surface area (Å²) in [6.45, 7) is 0. The number of primary sulfonamides is 1. The maximum Gasteiger partial charge on any atom is 0.265 e. The third-order valence-electron chi connectivity index (χ3n) is 4.45. The average molecular weight is 420 g/mol. The van der Waals surface area contributed by atoms with Crippen LogP contribution in [0, 0.1) is 0 Å². The van der Waals surface area contributed by atoms with Gasteiger partial charge >= 0.3 is 0 Å². The molecule has 0 saturated heterocycles. The molecule has 1 aromatic heterocycles. The Bertz CT molecular complexity index is 1300. The Morgan fingerprint density at radius 3 is 2.32 bits per heavy atom. The molecule has 1 aliphatic rings. The van der Waals surface area contributed by atoms with Crippen LogP contribution in [0.1, 0.15) is 34.9 Å². The Kier molecular flexibility index (Phi) is 4.29. The van der Waals surface area contributed by atoms with Gasteiger partial charge in [0.2, 0.25) is 10.0 Å². The number of carbonyl (C=O) groups is 1. The number of nitrogens with two attached hydrogens (primary N) is 1. The van der Waals surface area contributed by atoms with Crippen molar-refractivity contribution in [1.82, 2.24) is 4.72 Å². The lowest BCUT2D eigenvalue weighted by Gasteiger charge is -2.10. The van der Waals surface area contributed by atoms with Crippen LogP contribution in [-0.2, 0) is 20.0 Å². The quantitative estimate of drug-likeness (QED) is 0.648. The highest BCUT2D eigenvalue weighted by molar-refractivity contribution is 7.92. The van der Waals surface area contributed by atoms with Crippen molar-refractivity contribution in [2.75, 3.05) is 0 Å². The van der Waals surface area contributed by atoms with Crippen LogP contribution in [0.15, 0.2) is 62.7 Å². The molecule has 3 aromatic rings. The van der Waals surface area contributed by atoms with E-state index in [4.69, 9.17) is 9.56 Å². The van der Waals surface area contributed by atoms with Crippen molar-refractivity contribution in [3.8, 4) is 0 Å². The monoisotopic (exact) mass is 420 g/mol. The Hall–Kier alpha value is -2.69. The largest absolute Gasteiger partial charge is 0.461 e. The topological polar surface area (TPSA) is 137 Å². The molecule has 0 spiro atoms. The summed E-state index contributed by atoms with van der Waals surface area (Å²) in [5, 5.41) is 5.77. The summed E-state index contributed by atoms with van der Waals surface area (Å²) in [6, 6.07) is 11.2. The summed E-state index contributed by atoms with van der Waals surface area (Å²) in [5.74, 6) is 0.363. The van der Waals surface area contributed by atoms with Gasteiger partial charge in [0.05, 0.1) is 0 Å². The van der Waals surface area contributed by atoms with Gasteiger partial charge in [-0.1, -0.05) is 12.1 Å². The van der Waals surface area contributed by atoms with Crippen molar-refractivity contribution < 1.29 is 26.0 Å². The molecule has 1 saturated carbocycles. The van der Waals surface area contributed by atoms with Gasteiger partial charge in [-0.3, -0.25) is 4.79 Å². The SMILES string of the molecule is NS(=O)(=O)c1ccccc1S(=O)(=O)NC(=O)c1ccc2oc(C3CC3)cc2c1. The van der Waals surface area contributed by atoms with Crippen LogP contribution in [0.5, 0.6) is 0 Å². The minimum Gasteiger partial charge on any atom is -0.461 e. The molecule has 8 nitrogen and oxygen atoms in total. The van der Waals surface area contributed by atoms with Gasteiger partial charge in [-0.15, -0.1) is 0 Å². The molecule has 2 aromatic carbocycles. The van der Waals surface area contributed by atoms with Crippen molar-refractivity contribution in [3.63, 3.8) is 0 Å². The second-order valence-corrected chi connectivity index (χ2v) is 9.78. The van der Waals surface area contributed by atoms with E-state index in [1.165, 1.54) is 24.3 Å². The number of benzene rings is 2. The molecule has 1 aliphatic carbocycles. The maximum atomic E-state index is 12.6. The van der Waals surface area contributed by atoms with Crippen LogP contribution >= 0.6 is 0 Å². The lowest BCUT2D eigenvalue weighted by Crippen LogP contribution is -2.32. The first-order valence-corrected chi connectivity index (χ1v) is 11.4. The van der Waals surface area contributed by atoms with Crippen LogP contribution in [-0.4, -0.2) is 22.7 Å². The number of amides is 1. The summed E-state index contributed by atoms with van der Waals surface area (Å²) in [7, 11) is -8.74. The van der Waals surface area contributed by atoms with E-state index in [1.54, 1.807) is 6.07 Å². The molecule has 10 heteroatoms. The lowest BCUT2D eigenvalue weighted by atomic mass is 10.1. The van der Waals surface area contributed by atoms with Crippen LogP contribution in [0.3, 0.4) is 0 Å². The van der Waals surface area contributed by atoms with Crippen LogP contribution in [0.25, 0.3) is 11.0 Å². The highest BCUT2D eigenvalue weighted by Crippen LogP contribution is 2.42. The average Bonchev–Trinajstić information content (AvgIpc) is 3.39. The predicted octanol–water partition coefficient (Wildman–Crippen LogP) is 2.08. The molecule has 0 unspecified atom stereocenters. The second-order valence-electron chi connectivity index (χ2n) is 6.60. The maximum absolute atomic E-state index is 12.6. The number of rotatable bonds is 5. The highest BCUT2D eigenvalue weighted by atomic mass is 32.2. The summed E-state index contributed by atoms with van der Waals surface area (Å²) in [4.78, 5) is 11.3. The first-order valence-electron chi connectivity index (χ1n) is 8.38. The number of furan rings is 1. The van der Waals surface area contributed by atoms with Crippen molar-refractivity contribution in [3.05, 3.63) is 59.9 Å². The van der Waals surface area contributed by atoms with Crippen LogP contribution < -0.4 is 9.86 Å². The third kappa shape index (κ3) is 3.53. The fourth-order valence-corrected chi connectivity index (χ4v) is 5.27. The lowest BCUT2D eigenvalue weighted by molar-refractivity contribution is 0.0981. The molecule has 0 bridgehead atoms. The third-order valence-corrected chi connectivity index (χ3v) is 6.94. The first kappa shape index (κ1) is 18.7. The van der Waals surface area contributed by atoms with E-state index in [9.17, 15) is 21.6 Å². The van der Waals surface area contributed by atoms with Crippen molar-refractivity contribution in [2.24, 2.45) is 5.14 Å². The molecule has 28 heavy (non-hydrogen) atoms. The van der Waals surface area contributed by atoms with Gasteiger partial charge in [-0.25, -0.2) is 26.7 Å². The van der Waals surface area contributed by atoms with Crippen LogP contribution in [0.2, 0.25) is 0 Å². The van der Waals surface area contributed by atoms with E-state index in [1.807, 2.05) is 10.8 Å². The zero-order chi connectivity index (χ0) is 20.1. The summed E-state index contributed by atoms with van der Waals surface area (Å²) < 4.78 is 56.1. The minimum absolute atomic E-state index is 0.104. The second kappa shape index (κ2) is 6.43. The van der Waals surface area contributed by atoms with Gasteiger partial charge < -0.3 is 4.42 Å². The molecule has 4 rings (SSSR count). The fourth-order valence-electron chi connectivity index (χ4n) is 2.92. The number of nitrogens with one attached hydrogen (secondary N) is 1. The number of sulfonamides is 2. The standard InChI is InChI=1S/C18H16N2O6S2/c19-27(22,23)16-3-1-2-4-17(16)28(24,25)20-18(21)12-7-8-14-13(9-12)10-15(26-14)11-5-6-11/h1-4,7-11H,5-6H2,(H,20,21)(H2,19,22,23). The Labute approximate surface area is 161 Å². The summed E-state index contributed by atoms with van der Waals surface area (Å²) in [5.41, 5.74) is 0.716. The van der Waals surface area contributed by atoms with E-state index >= 15 is 0 Å². The van der Waals surface area contributed by atoms with Crippen molar-refractivity contribution in [1.29, 1.82) is 0 Å². The summed E-state index contributed by atoms with van der Waals surface area (Å²) >= 11 is 0. The molecular weight excluding hydrogens is 404 g/mol. The van der Waals surface area contributed by atoms with E-state index in [2.05, 4.69) is 0 Å². The highest BCUT2D eigenvalue weighted by Gasteiger charge is 2.28. The molecule has 3 N–H and O–H groups in total. The zero-order valence-corrected chi connectivity index (χ0v) is 16.1. The fraction of sp³-hybridized carbons (Fsp3) is 0.167. The molecule has 1 fully saturated rings. The molecule has 1 amide bonds. The predicted molar refractivity (Wildman–Crippen MR) is 101 cm³/mol. The van der Waals surface area contributed by atoms with E-state index in [0.29, 0.717) is 16.9 Å².